The molecule has 0 radical (unpaired) electrons. The molecular weight excluding hydrogens is 498 g/mol. The number of aromatic nitrogens is 4. The Morgan fingerprint density at radius 3 is 2.78 bits per heavy atom. The molecule has 1 aromatic carbocycles. The summed E-state index contributed by atoms with van der Waals surface area (Å²) in [6.45, 7) is 0.671. The van der Waals surface area contributed by atoms with E-state index in [1.807, 2.05) is 47.8 Å². The normalized spacial score (nSPS) is 15.0. The minimum atomic E-state index is -2.57. The topological polar surface area (TPSA) is 88.1 Å². The van der Waals surface area contributed by atoms with Crippen molar-refractivity contribution in [1.82, 2.24) is 24.6 Å². The molecule has 5 aromatic rings. The molecule has 0 spiro atoms. The number of carbonyl (C=O) groups is 1. The van der Waals surface area contributed by atoms with Crippen LogP contribution in [-0.2, 0) is 13.1 Å². The molecule has 0 aliphatic carbocycles. The summed E-state index contributed by atoms with van der Waals surface area (Å²) < 4.78 is 33.4. The van der Waals surface area contributed by atoms with E-state index in [1.54, 1.807) is 28.2 Å². The molecule has 1 amide bonds. The summed E-state index contributed by atoms with van der Waals surface area (Å²) in [5.41, 5.74) is 4.05. The Kier molecular flexibility index (Phi) is 5.93. The number of H-pyrrole nitrogens is 1. The number of benzene rings is 1. The quantitative estimate of drug-likeness (QED) is 0.292. The van der Waals surface area contributed by atoms with Crippen molar-refractivity contribution in [2.24, 2.45) is 0 Å². The maximum atomic E-state index is 13.1. The Morgan fingerprint density at radius 2 is 1.97 bits per heavy atom. The summed E-state index contributed by atoms with van der Waals surface area (Å²) in [5, 5.41) is 9.72. The van der Waals surface area contributed by atoms with Gasteiger partial charge in [0.25, 0.3) is 5.92 Å². The first-order valence-electron chi connectivity index (χ1n) is 11.6. The number of carbonyl (C=O) groups excluding carboxylic acids is 1. The second-order valence-corrected chi connectivity index (χ2v) is 9.99. The second kappa shape index (κ2) is 9.41. The summed E-state index contributed by atoms with van der Waals surface area (Å²) in [7, 11) is 0. The van der Waals surface area contributed by atoms with Crippen molar-refractivity contribution < 1.29 is 18.3 Å². The monoisotopic (exact) mass is 520 g/mol. The third-order valence-electron chi connectivity index (χ3n) is 6.05. The number of anilines is 1. The lowest BCUT2D eigenvalue weighted by molar-refractivity contribution is -0.133. The third-order valence-corrected chi connectivity index (χ3v) is 6.97. The van der Waals surface area contributed by atoms with Crippen molar-refractivity contribution in [2.75, 3.05) is 18.4 Å². The lowest BCUT2D eigenvalue weighted by atomic mass is 10.1. The Balaban J connectivity index is 1.12. The minimum Gasteiger partial charge on any atom is -0.407 e. The van der Waals surface area contributed by atoms with Gasteiger partial charge in [-0.15, -0.1) is 11.3 Å². The highest BCUT2D eigenvalue weighted by Gasteiger charge is 2.43. The minimum absolute atomic E-state index is 0.198. The van der Waals surface area contributed by atoms with Crippen molar-refractivity contribution in [3.63, 3.8) is 0 Å². The average Bonchev–Trinajstić information content (AvgIpc) is 3.59. The van der Waals surface area contributed by atoms with Gasteiger partial charge in [-0.3, -0.25) is 14.9 Å². The molecule has 0 saturated carbocycles. The molecule has 4 aromatic heterocycles. The van der Waals surface area contributed by atoms with Crippen molar-refractivity contribution in [1.29, 1.82) is 0 Å². The number of pyridine rings is 1. The van der Waals surface area contributed by atoms with E-state index in [2.05, 4.69) is 20.4 Å². The maximum absolute atomic E-state index is 13.1. The van der Waals surface area contributed by atoms with Crippen LogP contribution in [0.4, 0.5) is 19.3 Å². The lowest BCUT2D eigenvalue weighted by Gasteiger charge is -2.38. The Labute approximate surface area is 214 Å². The molecule has 0 bridgehead atoms. The highest BCUT2D eigenvalue weighted by Crippen LogP contribution is 2.33. The number of hydrogen-bond donors (Lipinski definition) is 2. The van der Waals surface area contributed by atoms with E-state index < -0.39 is 12.0 Å². The van der Waals surface area contributed by atoms with Crippen LogP contribution in [0.2, 0.25) is 0 Å². The Morgan fingerprint density at radius 1 is 1.14 bits per heavy atom. The summed E-state index contributed by atoms with van der Waals surface area (Å²) in [6.07, 6.45) is 5.91. The number of fused-ring (bicyclic) bond motifs is 1. The highest BCUT2D eigenvalue weighted by atomic mass is 32.1. The predicted octanol–water partition coefficient (Wildman–Crippen LogP) is 5.60. The molecule has 1 aliphatic heterocycles. The smallest absolute Gasteiger partial charge is 0.407 e. The lowest BCUT2D eigenvalue weighted by Crippen LogP contribution is -2.55. The molecule has 8 nitrogen and oxygen atoms in total. The average molecular weight is 521 g/mol. The molecule has 5 heterocycles. The molecule has 0 unspecified atom stereocenters. The SMILES string of the molecule is O=C(Nc1c[nH]c2ncc(-c3csc(CN4CC(F)(F)C4)c3)cc12)Oc1cnn(Cc2ccccc2)c1. The van der Waals surface area contributed by atoms with E-state index in [4.69, 9.17) is 4.74 Å². The van der Waals surface area contributed by atoms with Crippen molar-refractivity contribution in [3.8, 4) is 16.9 Å². The number of nitrogens with zero attached hydrogens (tertiary/aromatic N) is 4. The molecule has 0 atom stereocenters. The molecule has 37 heavy (non-hydrogen) atoms. The van der Waals surface area contributed by atoms with Gasteiger partial charge in [0, 0.05) is 34.8 Å². The van der Waals surface area contributed by atoms with Gasteiger partial charge in [0.2, 0.25) is 0 Å². The molecule has 2 N–H and O–H groups in total. The molecule has 1 saturated heterocycles. The molecular formula is C26H22F2N6O2S. The summed E-state index contributed by atoms with van der Waals surface area (Å²) in [4.78, 5) is 22.8. The number of aromatic amines is 1. The molecule has 11 heteroatoms. The number of alkyl halides is 2. The van der Waals surface area contributed by atoms with E-state index in [0.29, 0.717) is 30.2 Å². The zero-order valence-electron chi connectivity index (χ0n) is 19.5. The number of rotatable bonds is 7. The van der Waals surface area contributed by atoms with Crippen LogP contribution in [0.5, 0.6) is 5.75 Å². The molecule has 1 aliphatic rings. The van der Waals surface area contributed by atoms with Crippen LogP contribution < -0.4 is 10.1 Å². The molecule has 6 rings (SSSR count). The highest BCUT2D eigenvalue weighted by molar-refractivity contribution is 7.10. The number of ether oxygens (including phenoxy) is 1. The molecule has 1 fully saturated rings. The van der Waals surface area contributed by atoms with Crippen LogP contribution in [0.15, 0.2) is 72.6 Å². The van der Waals surface area contributed by atoms with Crippen LogP contribution in [0.1, 0.15) is 10.4 Å². The van der Waals surface area contributed by atoms with Crippen molar-refractivity contribution in [2.45, 2.75) is 19.0 Å². The summed E-state index contributed by atoms with van der Waals surface area (Å²) >= 11 is 1.53. The largest absolute Gasteiger partial charge is 0.417 e. The van der Waals surface area contributed by atoms with E-state index in [9.17, 15) is 13.6 Å². The Hall–Kier alpha value is -4.09. The Bertz CT molecular complexity index is 1550. The van der Waals surface area contributed by atoms with Gasteiger partial charge in [-0.05, 0) is 28.6 Å². The van der Waals surface area contributed by atoms with Crippen LogP contribution in [-0.4, -0.2) is 49.8 Å². The number of halogens is 2. The van der Waals surface area contributed by atoms with Crippen LogP contribution in [0.3, 0.4) is 0 Å². The van der Waals surface area contributed by atoms with Crippen molar-refractivity contribution in [3.05, 3.63) is 83.1 Å². The number of hydrogen-bond acceptors (Lipinski definition) is 6. The van der Waals surface area contributed by atoms with Gasteiger partial charge in [0.1, 0.15) is 5.65 Å². The zero-order chi connectivity index (χ0) is 25.4. The second-order valence-electron chi connectivity index (χ2n) is 9.00. The van der Waals surface area contributed by atoms with Crippen LogP contribution in [0, 0.1) is 0 Å². The fourth-order valence-electron chi connectivity index (χ4n) is 4.32. The van der Waals surface area contributed by atoms with E-state index in [0.717, 1.165) is 27.0 Å². The third kappa shape index (κ3) is 5.23. The van der Waals surface area contributed by atoms with Gasteiger partial charge in [-0.2, -0.15) is 5.10 Å². The van der Waals surface area contributed by atoms with Crippen LogP contribution >= 0.6 is 11.3 Å². The van der Waals surface area contributed by atoms with Gasteiger partial charge in [-0.25, -0.2) is 18.6 Å². The fraction of sp³-hybridized carbons (Fsp3) is 0.192. The first-order chi connectivity index (χ1) is 17.9. The van der Waals surface area contributed by atoms with Gasteiger partial charge in [-0.1, -0.05) is 30.3 Å². The first kappa shape index (κ1) is 23.3. The fourth-order valence-corrected chi connectivity index (χ4v) is 5.25. The maximum Gasteiger partial charge on any atom is 0.417 e. The number of nitrogens with one attached hydrogen (secondary N) is 2. The van der Waals surface area contributed by atoms with Crippen LogP contribution in [0.25, 0.3) is 22.2 Å². The predicted molar refractivity (Wildman–Crippen MR) is 137 cm³/mol. The van der Waals surface area contributed by atoms with Gasteiger partial charge in [0.05, 0.1) is 37.7 Å². The van der Waals surface area contributed by atoms with Gasteiger partial charge >= 0.3 is 6.09 Å². The zero-order valence-corrected chi connectivity index (χ0v) is 20.3. The summed E-state index contributed by atoms with van der Waals surface area (Å²) in [6, 6.07) is 13.8. The van der Waals surface area contributed by atoms with E-state index in [-0.39, 0.29) is 13.1 Å². The van der Waals surface area contributed by atoms with Crippen molar-refractivity contribution >= 4 is 34.2 Å². The van der Waals surface area contributed by atoms with E-state index >= 15 is 0 Å². The number of amides is 1. The standard InChI is InChI=1S/C26H22F2N6O2S/c27-26(28)15-33(16-26)13-21-6-19(14-37-21)18-7-22-23(10-30-24(22)29-8-18)32-25(35)36-20-9-31-34(12-20)11-17-4-2-1-3-5-17/h1-10,12,14H,11,13,15-16H2,(H,29,30)(H,32,35). The first-order valence-corrected chi connectivity index (χ1v) is 12.5. The number of likely N-dealkylation sites (tertiary alicyclic amines) is 1. The van der Waals surface area contributed by atoms with E-state index in [1.165, 1.54) is 17.5 Å². The van der Waals surface area contributed by atoms with Gasteiger partial charge < -0.3 is 9.72 Å². The summed E-state index contributed by atoms with van der Waals surface area (Å²) in [5.74, 6) is -2.24. The number of thiophene rings is 1. The van der Waals surface area contributed by atoms with Gasteiger partial charge in [0.15, 0.2) is 5.75 Å². The molecule has 188 valence electrons.